The molecular formula is C15H20N2O4. The molecule has 1 aromatic rings. The average molecular weight is 292 g/mol. The zero-order valence-electron chi connectivity index (χ0n) is 12.3. The molecule has 3 N–H and O–H groups in total. The second-order valence-electron chi connectivity index (χ2n) is 5.47. The predicted molar refractivity (Wildman–Crippen MR) is 77.8 cm³/mol. The molecule has 1 rings (SSSR count). The Morgan fingerprint density at radius 1 is 1.19 bits per heavy atom. The van der Waals surface area contributed by atoms with Gasteiger partial charge in [-0.2, -0.15) is 0 Å². The molecule has 0 spiro atoms. The Morgan fingerprint density at radius 2 is 1.76 bits per heavy atom. The minimum Gasteiger partial charge on any atom is -0.481 e. The Balaban J connectivity index is 2.52. The lowest BCUT2D eigenvalue weighted by molar-refractivity contribution is -0.146. The number of rotatable bonds is 6. The highest BCUT2D eigenvalue weighted by atomic mass is 16.4. The highest BCUT2D eigenvalue weighted by Crippen LogP contribution is 2.13. The van der Waals surface area contributed by atoms with E-state index in [4.69, 9.17) is 5.11 Å². The molecule has 0 aliphatic rings. The van der Waals surface area contributed by atoms with Crippen molar-refractivity contribution >= 4 is 17.8 Å². The highest BCUT2D eigenvalue weighted by Gasteiger charge is 2.28. The summed E-state index contributed by atoms with van der Waals surface area (Å²) in [6.45, 7) is 4.57. The van der Waals surface area contributed by atoms with Gasteiger partial charge in [-0.3, -0.25) is 14.4 Å². The van der Waals surface area contributed by atoms with Crippen molar-refractivity contribution in [3.05, 3.63) is 35.9 Å². The summed E-state index contributed by atoms with van der Waals surface area (Å²) in [4.78, 5) is 34.7. The maximum Gasteiger partial charge on any atom is 0.310 e. The van der Waals surface area contributed by atoms with Crippen LogP contribution in [0.4, 0.5) is 0 Å². The van der Waals surface area contributed by atoms with Gasteiger partial charge in [0, 0.05) is 12.1 Å². The summed E-state index contributed by atoms with van der Waals surface area (Å²) < 4.78 is 0. The molecule has 0 aliphatic carbocycles. The van der Waals surface area contributed by atoms with Crippen LogP contribution in [0.2, 0.25) is 0 Å². The molecule has 1 aromatic carbocycles. The van der Waals surface area contributed by atoms with E-state index >= 15 is 0 Å². The zero-order valence-corrected chi connectivity index (χ0v) is 12.3. The average Bonchev–Trinajstić information content (AvgIpc) is 2.45. The van der Waals surface area contributed by atoms with Gasteiger partial charge in [-0.25, -0.2) is 0 Å². The van der Waals surface area contributed by atoms with Gasteiger partial charge >= 0.3 is 5.97 Å². The SMILES string of the molecule is CC(NC(=O)c1ccccc1)C(=O)NCC(C)(C)C(=O)O. The molecule has 0 saturated carbocycles. The fourth-order valence-electron chi connectivity index (χ4n) is 1.47. The summed E-state index contributed by atoms with van der Waals surface area (Å²) in [6.07, 6.45) is 0. The lowest BCUT2D eigenvalue weighted by atomic mass is 9.94. The molecule has 0 bridgehead atoms. The molecule has 1 atom stereocenters. The van der Waals surface area contributed by atoms with E-state index in [0.29, 0.717) is 5.56 Å². The fourth-order valence-corrected chi connectivity index (χ4v) is 1.47. The molecule has 0 heterocycles. The smallest absolute Gasteiger partial charge is 0.310 e. The van der Waals surface area contributed by atoms with Crippen molar-refractivity contribution in [2.75, 3.05) is 6.54 Å². The van der Waals surface area contributed by atoms with Crippen LogP contribution in [-0.2, 0) is 9.59 Å². The molecule has 6 nitrogen and oxygen atoms in total. The van der Waals surface area contributed by atoms with Crippen LogP contribution < -0.4 is 10.6 Å². The third kappa shape index (κ3) is 4.91. The van der Waals surface area contributed by atoms with Gasteiger partial charge in [0.25, 0.3) is 5.91 Å². The Morgan fingerprint density at radius 3 is 2.29 bits per heavy atom. The summed E-state index contributed by atoms with van der Waals surface area (Å²) >= 11 is 0. The van der Waals surface area contributed by atoms with E-state index in [9.17, 15) is 14.4 Å². The molecule has 1 unspecified atom stereocenters. The van der Waals surface area contributed by atoms with Crippen LogP contribution >= 0.6 is 0 Å². The predicted octanol–water partition coefficient (Wildman–Crippen LogP) is 1.03. The van der Waals surface area contributed by atoms with Gasteiger partial charge in [-0.1, -0.05) is 18.2 Å². The second kappa shape index (κ2) is 6.88. The van der Waals surface area contributed by atoms with Crippen molar-refractivity contribution in [1.82, 2.24) is 10.6 Å². The Kier molecular flexibility index (Phi) is 5.46. The minimum absolute atomic E-state index is 0.00723. The van der Waals surface area contributed by atoms with Crippen LogP contribution in [0.25, 0.3) is 0 Å². The molecule has 0 aromatic heterocycles. The molecule has 0 aliphatic heterocycles. The summed E-state index contributed by atoms with van der Waals surface area (Å²) in [6, 6.07) is 7.80. The van der Waals surface area contributed by atoms with Gasteiger partial charge in [-0.15, -0.1) is 0 Å². The number of hydrogen-bond acceptors (Lipinski definition) is 3. The summed E-state index contributed by atoms with van der Waals surface area (Å²) in [5.74, 6) is -1.77. The standard InChI is InChI=1S/C15H20N2O4/c1-10(12(18)16-9-15(2,3)14(20)21)17-13(19)11-7-5-4-6-8-11/h4-8,10H,9H2,1-3H3,(H,16,18)(H,17,19)(H,20,21). The van der Waals surface area contributed by atoms with Crippen molar-refractivity contribution in [1.29, 1.82) is 0 Å². The van der Waals surface area contributed by atoms with E-state index in [1.165, 1.54) is 13.8 Å². The first-order valence-corrected chi connectivity index (χ1v) is 6.61. The Hall–Kier alpha value is -2.37. The molecule has 6 heteroatoms. The molecule has 114 valence electrons. The van der Waals surface area contributed by atoms with Crippen LogP contribution in [0, 0.1) is 5.41 Å². The molecule has 0 saturated heterocycles. The monoisotopic (exact) mass is 292 g/mol. The van der Waals surface area contributed by atoms with Gasteiger partial charge < -0.3 is 15.7 Å². The topological polar surface area (TPSA) is 95.5 Å². The number of hydrogen-bond donors (Lipinski definition) is 3. The number of amides is 2. The van der Waals surface area contributed by atoms with Gasteiger partial charge in [0.05, 0.1) is 5.41 Å². The molecule has 21 heavy (non-hydrogen) atoms. The number of carboxylic acids is 1. The van der Waals surface area contributed by atoms with Gasteiger partial charge in [-0.05, 0) is 32.9 Å². The molecule has 0 radical (unpaired) electrons. The van der Waals surface area contributed by atoms with Crippen LogP contribution in [0.1, 0.15) is 31.1 Å². The van der Waals surface area contributed by atoms with E-state index in [1.54, 1.807) is 37.3 Å². The van der Waals surface area contributed by atoms with Crippen molar-refractivity contribution in [3.8, 4) is 0 Å². The van der Waals surface area contributed by atoms with Gasteiger partial charge in [0.1, 0.15) is 6.04 Å². The maximum absolute atomic E-state index is 11.9. The normalized spacial score (nSPS) is 12.3. The van der Waals surface area contributed by atoms with E-state index in [0.717, 1.165) is 0 Å². The van der Waals surface area contributed by atoms with E-state index in [1.807, 2.05) is 0 Å². The Labute approximate surface area is 123 Å². The quantitative estimate of drug-likeness (QED) is 0.729. The minimum atomic E-state index is -1.06. The van der Waals surface area contributed by atoms with Crippen molar-refractivity contribution in [3.63, 3.8) is 0 Å². The van der Waals surface area contributed by atoms with Crippen LogP contribution in [0.5, 0.6) is 0 Å². The second-order valence-corrected chi connectivity index (χ2v) is 5.47. The zero-order chi connectivity index (χ0) is 16.0. The van der Waals surface area contributed by atoms with Gasteiger partial charge in [0.15, 0.2) is 0 Å². The molecule has 2 amide bonds. The third-order valence-corrected chi connectivity index (χ3v) is 3.06. The molecular weight excluding hydrogens is 272 g/mol. The largest absolute Gasteiger partial charge is 0.481 e. The number of carbonyl (C=O) groups is 3. The number of benzene rings is 1. The third-order valence-electron chi connectivity index (χ3n) is 3.06. The van der Waals surface area contributed by atoms with E-state index in [-0.39, 0.29) is 12.5 Å². The summed E-state index contributed by atoms with van der Waals surface area (Å²) in [7, 11) is 0. The maximum atomic E-state index is 11.9. The highest BCUT2D eigenvalue weighted by molar-refractivity contribution is 5.97. The van der Waals surface area contributed by atoms with Crippen molar-refractivity contribution in [2.24, 2.45) is 5.41 Å². The van der Waals surface area contributed by atoms with E-state index < -0.39 is 23.3 Å². The summed E-state index contributed by atoms with van der Waals surface area (Å²) in [5.41, 5.74) is -0.596. The first-order valence-electron chi connectivity index (χ1n) is 6.61. The van der Waals surface area contributed by atoms with Gasteiger partial charge in [0.2, 0.25) is 5.91 Å². The number of nitrogens with one attached hydrogen (secondary N) is 2. The Bertz CT molecular complexity index is 526. The number of aliphatic carboxylic acids is 1. The lowest BCUT2D eigenvalue weighted by Crippen LogP contribution is -2.48. The number of carboxylic acid groups (broad SMARTS) is 1. The number of carbonyl (C=O) groups excluding carboxylic acids is 2. The fraction of sp³-hybridized carbons (Fsp3) is 0.400. The van der Waals surface area contributed by atoms with Crippen molar-refractivity contribution in [2.45, 2.75) is 26.8 Å². The van der Waals surface area contributed by atoms with Crippen LogP contribution in [-0.4, -0.2) is 35.5 Å². The summed E-state index contributed by atoms with van der Waals surface area (Å²) in [5, 5.41) is 14.1. The van der Waals surface area contributed by atoms with E-state index in [2.05, 4.69) is 10.6 Å². The van der Waals surface area contributed by atoms with Crippen LogP contribution in [0.15, 0.2) is 30.3 Å². The first kappa shape index (κ1) is 16.7. The van der Waals surface area contributed by atoms with Crippen LogP contribution in [0.3, 0.4) is 0 Å². The molecule has 0 fully saturated rings. The first-order chi connectivity index (χ1) is 9.74. The van der Waals surface area contributed by atoms with Crippen molar-refractivity contribution < 1.29 is 19.5 Å². The lowest BCUT2D eigenvalue weighted by Gasteiger charge is -2.21.